The molecule has 3 heteroatoms. The lowest BCUT2D eigenvalue weighted by Crippen LogP contribution is -2.44. The number of carbonyl (C=O) groups is 1. The van der Waals surface area contributed by atoms with Gasteiger partial charge in [0.1, 0.15) is 0 Å². The first kappa shape index (κ1) is 10.5. The number of carboxylic acids is 1. The molecule has 0 aromatic carbocycles. The Hall–Kier alpha value is -0.570. The summed E-state index contributed by atoms with van der Waals surface area (Å²) in [6.07, 6.45) is 2.53. The van der Waals surface area contributed by atoms with E-state index in [1.165, 1.54) is 0 Å². The molecule has 1 heterocycles. The van der Waals surface area contributed by atoms with Gasteiger partial charge in [-0.1, -0.05) is 20.3 Å². The van der Waals surface area contributed by atoms with Crippen molar-refractivity contribution in [1.82, 2.24) is 0 Å². The van der Waals surface area contributed by atoms with E-state index in [1.807, 2.05) is 13.8 Å². The molecule has 0 bridgehead atoms. The van der Waals surface area contributed by atoms with Crippen LogP contribution in [-0.2, 0) is 9.53 Å². The maximum Gasteiger partial charge on any atom is 0.312 e. The number of carboxylic acid groups (broad SMARTS) is 1. The molecule has 1 rings (SSSR count). The summed E-state index contributed by atoms with van der Waals surface area (Å²) in [5, 5.41) is 9.21. The second-order valence-electron chi connectivity index (χ2n) is 3.93. The van der Waals surface area contributed by atoms with E-state index < -0.39 is 11.4 Å². The summed E-state index contributed by atoms with van der Waals surface area (Å²) in [5.41, 5.74) is -0.618. The van der Waals surface area contributed by atoms with Crippen LogP contribution in [0.15, 0.2) is 0 Å². The SMILES string of the molecule is CCC(C)C1(C(=O)O)CCCOC1. The van der Waals surface area contributed by atoms with Crippen LogP contribution in [-0.4, -0.2) is 24.3 Å². The third kappa shape index (κ3) is 1.85. The molecule has 0 spiro atoms. The second-order valence-corrected chi connectivity index (χ2v) is 3.93. The first-order valence-electron chi connectivity index (χ1n) is 4.94. The Labute approximate surface area is 79.1 Å². The zero-order valence-electron chi connectivity index (χ0n) is 8.38. The van der Waals surface area contributed by atoms with Crippen LogP contribution >= 0.6 is 0 Å². The van der Waals surface area contributed by atoms with Gasteiger partial charge in [0, 0.05) is 6.61 Å². The predicted octanol–water partition coefficient (Wildman–Crippen LogP) is 1.91. The molecule has 76 valence electrons. The summed E-state index contributed by atoms with van der Waals surface area (Å²) < 4.78 is 5.29. The van der Waals surface area contributed by atoms with Crippen molar-refractivity contribution in [2.75, 3.05) is 13.2 Å². The Balaban J connectivity index is 2.78. The smallest absolute Gasteiger partial charge is 0.312 e. The highest BCUT2D eigenvalue weighted by Gasteiger charge is 2.44. The van der Waals surface area contributed by atoms with Crippen LogP contribution in [0.4, 0.5) is 0 Å². The Morgan fingerprint density at radius 3 is 2.77 bits per heavy atom. The minimum absolute atomic E-state index is 0.199. The number of rotatable bonds is 3. The van der Waals surface area contributed by atoms with Gasteiger partial charge >= 0.3 is 5.97 Å². The third-order valence-corrected chi connectivity index (χ3v) is 3.25. The molecule has 1 fully saturated rings. The molecule has 1 aliphatic rings. The molecule has 0 radical (unpaired) electrons. The van der Waals surface area contributed by atoms with Crippen molar-refractivity contribution >= 4 is 5.97 Å². The topological polar surface area (TPSA) is 46.5 Å². The monoisotopic (exact) mass is 186 g/mol. The van der Waals surface area contributed by atoms with Crippen LogP contribution in [0.5, 0.6) is 0 Å². The van der Waals surface area contributed by atoms with Crippen LogP contribution in [0.2, 0.25) is 0 Å². The van der Waals surface area contributed by atoms with Crippen molar-refractivity contribution < 1.29 is 14.6 Å². The van der Waals surface area contributed by atoms with E-state index >= 15 is 0 Å². The summed E-state index contributed by atoms with van der Waals surface area (Å²) in [6.45, 7) is 5.13. The summed E-state index contributed by atoms with van der Waals surface area (Å²) >= 11 is 0. The molecule has 0 amide bonds. The predicted molar refractivity (Wildman–Crippen MR) is 49.6 cm³/mol. The van der Waals surface area contributed by atoms with Gasteiger partial charge in [-0.2, -0.15) is 0 Å². The number of hydrogen-bond donors (Lipinski definition) is 1. The molecule has 1 aliphatic heterocycles. The molecule has 0 aromatic rings. The van der Waals surface area contributed by atoms with E-state index in [0.29, 0.717) is 13.2 Å². The Bertz CT molecular complexity index is 183. The molecule has 1 saturated heterocycles. The van der Waals surface area contributed by atoms with Gasteiger partial charge in [0.15, 0.2) is 0 Å². The van der Waals surface area contributed by atoms with Crippen molar-refractivity contribution in [3.8, 4) is 0 Å². The molecule has 2 unspecified atom stereocenters. The fraction of sp³-hybridized carbons (Fsp3) is 0.900. The van der Waals surface area contributed by atoms with E-state index in [2.05, 4.69) is 0 Å². The number of aliphatic carboxylic acids is 1. The molecule has 2 atom stereocenters. The molecular weight excluding hydrogens is 168 g/mol. The fourth-order valence-corrected chi connectivity index (χ4v) is 1.97. The summed E-state index contributed by atoms with van der Waals surface area (Å²) in [4.78, 5) is 11.2. The van der Waals surface area contributed by atoms with Gasteiger partial charge in [-0.15, -0.1) is 0 Å². The van der Waals surface area contributed by atoms with Crippen molar-refractivity contribution in [3.63, 3.8) is 0 Å². The van der Waals surface area contributed by atoms with Crippen LogP contribution < -0.4 is 0 Å². The number of ether oxygens (including phenoxy) is 1. The largest absolute Gasteiger partial charge is 0.481 e. The van der Waals surface area contributed by atoms with Crippen molar-refractivity contribution in [1.29, 1.82) is 0 Å². The van der Waals surface area contributed by atoms with Gasteiger partial charge in [-0.25, -0.2) is 0 Å². The molecule has 13 heavy (non-hydrogen) atoms. The van der Waals surface area contributed by atoms with E-state index in [1.54, 1.807) is 0 Å². The lowest BCUT2D eigenvalue weighted by Gasteiger charge is -2.37. The van der Waals surface area contributed by atoms with Gasteiger partial charge in [0.2, 0.25) is 0 Å². The van der Waals surface area contributed by atoms with Crippen LogP contribution in [0.25, 0.3) is 0 Å². The normalized spacial score (nSPS) is 31.2. The molecular formula is C10H18O3. The Morgan fingerprint density at radius 1 is 1.69 bits per heavy atom. The highest BCUT2D eigenvalue weighted by atomic mass is 16.5. The molecule has 0 saturated carbocycles. The van der Waals surface area contributed by atoms with Gasteiger partial charge < -0.3 is 9.84 Å². The number of hydrogen-bond acceptors (Lipinski definition) is 2. The Kier molecular flexibility index (Phi) is 3.31. The third-order valence-electron chi connectivity index (χ3n) is 3.25. The lowest BCUT2D eigenvalue weighted by atomic mass is 9.71. The van der Waals surface area contributed by atoms with Gasteiger partial charge in [-0.05, 0) is 18.8 Å². The first-order chi connectivity index (χ1) is 6.13. The van der Waals surface area contributed by atoms with E-state index in [-0.39, 0.29) is 5.92 Å². The van der Waals surface area contributed by atoms with E-state index in [0.717, 1.165) is 19.3 Å². The van der Waals surface area contributed by atoms with Crippen LogP contribution in [0, 0.1) is 11.3 Å². The quantitative estimate of drug-likeness (QED) is 0.732. The van der Waals surface area contributed by atoms with Crippen LogP contribution in [0.3, 0.4) is 0 Å². The average Bonchev–Trinajstić information content (AvgIpc) is 2.17. The van der Waals surface area contributed by atoms with Crippen molar-refractivity contribution in [3.05, 3.63) is 0 Å². The maximum absolute atomic E-state index is 11.2. The highest BCUT2D eigenvalue weighted by Crippen LogP contribution is 2.38. The molecule has 1 N–H and O–H groups in total. The van der Waals surface area contributed by atoms with Crippen molar-refractivity contribution in [2.24, 2.45) is 11.3 Å². The van der Waals surface area contributed by atoms with Gasteiger partial charge in [0.05, 0.1) is 12.0 Å². The maximum atomic E-state index is 11.2. The summed E-state index contributed by atoms with van der Waals surface area (Å²) in [7, 11) is 0. The molecule has 0 aromatic heterocycles. The standard InChI is InChI=1S/C10H18O3/c1-3-8(2)10(9(11)12)5-4-6-13-7-10/h8H,3-7H2,1-2H3,(H,11,12). The zero-order chi connectivity index (χ0) is 9.90. The highest BCUT2D eigenvalue weighted by molar-refractivity contribution is 5.75. The van der Waals surface area contributed by atoms with Crippen LogP contribution in [0.1, 0.15) is 33.1 Å². The molecule has 3 nitrogen and oxygen atoms in total. The first-order valence-corrected chi connectivity index (χ1v) is 4.94. The Morgan fingerprint density at radius 2 is 2.38 bits per heavy atom. The summed E-state index contributed by atoms with van der Waals surface area (Å²) in [5.74, 6) is -0.494. The van der Waals surface area contributed by atoms with E-state index in [9.17, 15) is 9.90 Å². The van der Waals surface area contributed by atoms with Gasteiger partial charge in [0.25, 0.3) is 0 Å². The zero-order valence-corrected chi connectivity index (χ0v) is 8.38. The lowest BCUT2D eigenvalue weighted by molar-refractivity contribution is -0.163. The fourth-order valence-electron chi connectivity index (χ4n) is 1.97. The molecule has 0 aliphatic carbocycles. The minimum atomic E-state index is -0.693. The van der Waals surface area contributed by atoms with Crippen molar-refractivity contribution in [2.45, 2.75) is 33.1 Å². The second kappa shape index (κ2) is 4.09. The van der Waals surface area contributed by atoms with E-state index in [4.69, 9.17) is 4.74 Å². The minimum Gasteiger partial charge on any atom is -0.481 e. The summed E-state index contributed by atoms with van der Waals surface area (Å²) in [6, 6.07) is 0. The van der Waals surface area contributed by atoms with Gasteiger partial charge in [-0.3, -0.25) is 4.79 Å². The average molecular weight is 186 g/mol.